The van der Waals surface area contributed by atoms with Crippen molar-refractivity contribution in [2.45, 2.75) is 64.6 Å². The molecular formula is C25H32N6O2. The van der Waals surface area contributed by atoms with E-state index in [1.165, 1.54) is 6.33 Å². The molecule has 0 saturated carbocycles. The number of benzene rings is 2. The van der Waals surface area contributed by atoms with E-state index in [9.17, 15) is 10.1 Å². The Balaban J connectivity index is 1.77. The summed E-state index contributed by atoms with van der Waals surface area (Å²) < 4.78 is 0. The number of hydrogen-bond donors (Lipinski definition) is 2. The van der Waals surface area contributed by atoms with Crippen molar-refractivity contribution >= 4 is 33.8 Å². The number of aromatic nitrogens is 2. The van der Waals surface area contributed by atoms with E-state index in [1.807, 2.05) is 54.3 Å². The normalized spacial score (nSPS) is 17.6. The van der Waals surface area contributed by atoms with E-state index in [0.717, 1.165) is 29.3 Å². The van der Waals surface area contributed by atoms with Gasteiger partial charge in [-0.05, 0) is 58.9 Å². The number of rotatable bonds is 6. The number of nitrogens with zero attached hydrogens (tertiary/aromatic N) is 4. The van der Waals surface area contributed by atoms with Crippen molar-refractivity contribution in [1.82, 2.24) is 15.3 Å². The molecular weight excluding hydrogens is 416 g/mol. The first-order chi connectivity index (χ1) is 15.6. The standard InChI is InChI=1S/C25H32N6O2/c1-6-30(20-13-9-11-17-10-7-8-12-19(17)20)23-21(31(32)33)22(26-16-27-23)28-18-14-24(2,3)29-25(4,5)15-18/h7-13,16,18,29H,6,14-15H2,1-5H3,(H,26,27,28). The van der Waals surface area contributed by atoms with Crippen LogP contribution >= 0.6 is 0 Å². The van der Waals surface area contributed by atoms with E-state index in [2.05, 4.69) is 48.3 Å². The lowest BCUT2D eigenvalue weighted by molar-refractivity contribution is -0.383. The molecule has 0 atom stereocenters. The van der Waals surface area contributed by atoms with Crippen LogP contribution in [0.25, 0.3) is 10.8 Å². The van der Waals surface area contributed by atoms with Gasteiger partial charge in [0.15, 0.2) is 0 Å². The Morgan fingerprint density at radius 2 is 1.76 bits per heavy atom. The first-order valence-corrected chi connectivity index (χ1v) is 11.4. The van der Waals surface area contributed by atoms with E-state index in [0.29, 0.717) is 12.4 Å². The molecule has 1 aliphatic heterocycles. The number of fused-ring (bicyclic) bond motifs is 1. The lowest BCUT2D eigenvalue weighted by Crippen LogP contribution is -2.60. The average molecular weight is 449 g/mol. The van der Waals surface area contributed by atoms with Crippen LogP contribution in [-0.4, -0.2) is 38.6 Å². The first kappa shape index (κ1) is 22.9. The quantitative estimate of drug-likeness (QED) is 0.384. The van der Waals surface area contributed by atoms with Crippen molar-refractivity contribution in [2.75, 3.05) is 16.8 Å². The Hall–Kier alpha value is -3.26. The van der Waals surface area contributed by atoms with Crippen LogP contribution in [0.1, 0.15) is 47.5 Å². The van der Waals surface area contributed by atoms with Crippen molar-refractivity contribution in [3.8, 4) is 0 Å². The van der Waals surface area contributed by atoms with Gasteiger partial charge in [-0.1, -0.05) is 36.4 Å². The fourth-order valence-corrected chi connectivity index (χ4v) is 5.34. The van der Waals surface area contributed by atoms with Gasteiger partial charge in [0.25, 0.3) is 0 Å². The van der Waals surface area contributed by atoms with Crippen molar-refractivity contribution in [1.29, 1.82) is 0 Å². The zero-order valence-electron chi connectivity index (χ0n) is 19.9. The summed E-state index contributed by atoms with van der Waals surface area (Å²) in [5.74, 6) is 0.561. The number of piperidine rings is 1. The van der Waals surface area contributed by atoms with Crippen LogP contribution in [-0.2, 0) is 0 Å². The largest absolute Gasteiger partial charge is 0.361 e. The maximum atomic E-state index is 12.3. The maximum absolute atomic E-state index is 12.3. The van der Waals surface area contributed by atoms with E-state index in [-0.39, 0.29) is 33.5 Å². The summed E-state index contributed by atoms with van der Waals surface area (Å²) in [6.07, 6.45) is 3.07. The Morgan fingerprint density at radius 1 is 1.09 bits per heavy atom. The third-order valence-electron chi connectivity index (χ3n) is 6.15. The fourth-order valence-electron chi connectivity index (χ4n) is 5.34. The van der Waals surface area contributed by atoms with Gasteiger partial charge in [-0.3, -0.25) is 10.1 Å². The third-order valence-corrected chi connectivity index (χ3v) is 6.15. The monoisotopic (exact) mass is 448 g/mol. The predicted octanol–water partition coefficient (Wildman–Crippen LogP) is 5.42. The second-order valence-electron chi connectivity index (χ2n) is 10.0. The molecule has 0 spiro atoms. The Bertz CT molecular complexity index is 1160. The second kappa shape index (κ2) is 8.59. The number of nitro groups is 1. The summed E-state index contributed by atoms with van der Waals surface area (Å²) in [7, 11) is 0. The Morgan fingerprint density at radius 3 is 2.42 bits per heavy atom. The molecule has 4 rings (SSSR count). The molecule has 8 heteroatoms. The van der Waals surface area contributed by atoms with Crippen LogP contribution < -0.4 is 15.5 Å². The smallest absolute Gasteiger partial charge is 0.353 e. The molecule has 0 radical (unpaired) electrons. The van der Waals surface area contributed by atoms with Crippen LogP contribution in [0.5, 0.6) is 0 Å². The fraction of sp³-hybridized carbons (Fsp3) is 0.440. The topological polar surface area (TPSA) is 96.2 Å². The molecule has 2 N–H and O–H groups in total. The van der Waals surface area contributed by atoms with Gasteiger partial charge in [0, 0.05) is 29.1 Å². The molecule has 2 aromatic carbocycles. The van der Waals surface area contributed by atoms with Gasteiger partial charge in [-0.25, -0.2) is 9.97 Å². The van der Waals surface area contributed by atoms with Crippen LogP contribution in [0.2, 0.25) is 0 Å². The molecule has 174 valence electrons. The lowest BCUT2D eigenvalue weighted by Gasteiger charge is -2.46. The van der Waals surface area contributed by atoms with Crippen molar-refractivity contribution in [2.24, 2.45) is 0 Å². The number of anilines is 3. The minimum absolute atomic E-state index is 0.0466. The molecule has 0 bridgehead atoms. The molecule has 0 amide bonds. The zero-order valence-corrected chi connectivity index (χ0v) is 19.9. The molecule has 3 aromatic rings. The molecule has 2 heterocycles. The summed E-state index contributed by atoms with van der Waals surface area (Å²) in [6.45, 7) is 11.1. The lowest BCUT2D eigenvalue weighted by atomic mass is 9.79. The minimum atomic E-state index is -0.372. The number of nitrogens with one attached hydrogen (secondary N) is 2. The van der Waals surface area contributed by atoms with Crippen molar-refractivity contribution in [3.63, 3.8) is 0 Å². The van der Waals surface area contributed by atoms with E-state index < -0.39 is 0 Å². The molecule has 1 aliphatic rings. The highest BCUT2D eigenvalue weighted by Gasteiger charge is 2.39. The summed E-state index contributed by atoms with van der Waals surface area (Å²) in [6, 6.07) is 14.0. The molecule has 8 nitrogen and oxygen atoms in total. The minimum Gasteiger partial charge on any atom is -0.361 e. The summed E-state index contributed by atoms with van der Waals surface area (Å²) >= 11 is 0. The molecule has 1 saturated heterocycles. The summed E-state index contributed by atoms with van der Waals surface area (Å²) in [5.41, 5.74) is 0.596. The highest BCUT2D eigenvalue weighted by molar-refractivity contribution is 5.96. The van der Waals surface area contributed by atoms with E-state index in [4.69, 9.17) is 0 Å². The van der Waals surface area contributed by atoms with E-state index in [1.54, 1.807) is 0 Å². The second-order valence-corrected chi connectivity index (χ2v) is 10.0. The molecule has 0 unspecified atom stereocenters. The molecule has 1 fully saturated rings. The molecule has 1 aromatic heterocycles. The van der Waals surface area contributed by atoms with Crippen LogP contribution in [0, 0.1) is 10.1 Å². The maximum Gasteiger partial charge on any atom is 0.353 e. The van der Waals surface area contributed by atoms with Crippen LogP contribution in [0.4, 0.5) is 23.0 Å². The summed E-state index contributed by atoms with van der Waals surface area (Å²) in [4.78, 5) is 22.5. The van der Waals surface area contributed by atoms with Gasteiger partial charge >= 0.3 is 5.69 Å². The SMILES string of the molecule is CCN(c1ncnc(NC2CC(C)(C)NC(C)(C)C2)c1[N+](=O)[O-])c1cccc2ccccc12. The van der Waals surface area contributed by atoms with Crippen molar-refractivity contribution < 1.29 is 4.92 Å². The molecule has 33 heavy (non-hydrogen) atoms. The van der Waals surface area contributed by atoms with Gasteiger partial charge in [0.05, 0.1) is 10.6 Å². The van der Waals surface area contributed by atoms with E-state index >= 15 is 0 Å². The zero-order chi connectivity index (χ0) is 23.8. The Kier molecular flexibility index (Phi) is 5.97. The van der Waals surface area contributed by atoms with Crippen molar-refractivity contribution in [3.05, 3.63) is 58.9 Å². The highest BCUT2D eigenvalue weighted by Crippen LogP contribution is 2.39. The average Bonchev–Trinajstić information content (AvgIpc) is 2.72. The molecule has 0 aliphatic carbocycles. The van der Waals surface area contributed by atoms with Gasteiger partial charge in [0.1, 0.15) is 6.33 Å². The summed E-state index contributed by atoms with van der Waals surface area (Å²) in [5, 5.41) is 21.4. The number of hydrogen-bond acceptors (Lipinski definition) is 7. The van der Waals surface area contributed by atoms with Crippen LogP contribution in [0.3, 0.4) is 0 Å². The van der Waals surface area contributed by atoms with Gasteiger partial charge in [-0.2, -0.15) is 0 Å². The Labute approximate surface area is 194 Å². The predicted molar refractivity (Wildman–Crippen MR) is 133 cm³/mol. The highest BCUT2D eigenvalue weighted by atomic mass is 16.6. The van der Waals surface area contributed by atoms with Gasteiger partial charge in [-0.15, -0.1) is 0 Å². The van der Waals surface area contributed by atoms with Crippen LogP contribution in [0.15, 0.2) is 48.8 Å². The first-order valence-electron chi connectivity index (χ1n) is 11.4. The van der Waals surface area contributed by atoms with Gasteiger partial charge in [0.2, 0.25) is 11.6 Å². The third kappa shape index (κ3) is 4.75. The van der Waals surface area contributed by atoms with Gasteiger partial charge < -0.3 is 15.5 Å².